The number of phenolic OH excluding ortho intramolecular Hbond substituents is 1. The van der Waals surface area contributed by atoms with Crippen LogP contribution in [0.15, 0.2) is 91.3 Å². The number of nitrogens with zero attached hydrogens (tertiary/aromatic N) is 1. The molecule has 0 spiro atoms. The molecule has 0 unspecified atom stereocenters. The van der Waals surface area contributed by atoms with Gasteiger partial charge in [0, 0.05) is 28.0 Å². The van der Waals surface area contributed by atoms with Crippen molar-refractivity contribution < 1.29 is 9.84 Å². The summed E-state index contributed by atoms with van der Waals surface area (Å²) in [6.45, 7) is 14.8. The number of fused-ring (bicyclic) bond motifs is 2. The van der Waals surface area contributed by atoms with Gasteiger partial charge in [0.15, 0.2) is 8.24 Å². The van der Waals surface area contributed by atoms with Crippen molar-refractivity contribution in [1.82, 2.24) is 9.22 Å². The van der Waals surface area contributed by atoms with E-state index in [1.165, 1.54) is 11.1 Å². The Morgan fingerprint density at radius 3 is 2.11 bits per heavy atom. The van der Waals surface area contributed by atoms with Crippen LogP contribution in [0, 0.1) is 0 Å². The molecule has 0 aliphatic heterocycles. The molecular formula is C32H40N2O2Si. The fourth-order valence-electron chi connectivity index (χ4n) is 6.24. The quantitative estimate of drug-likeness (QED) is 0.214. The standard InChI is InChI=1S/C17H27NOSi.C15H13NO/c1-12(2)20(13(3)4,14(5)6)18-11-10-15-16(18)8-7-9-17(15)19;1-2-5-12(6-3-1)11-17-15-8-4-7-14-13(15)9-10-16-14/h7-14,19H,1-6H3;1-10,16H,11H2. The van der Waals surface area contributed by atoms with E-state index in [0.29, 0.717) is 29.0 Å². The molecule has 4 nitrogen and oxygen atoms in total. The highest BCUT2D eigenvalue weighted by Crippen LogP contribution is 2.44. The van der Waals surface area contributed by atoms with Gasteiger partial charge in [-0.2, -0.15) is 0 Å². The zero-order valence-electron chi connectivity index (χ0n) is 22.9. The Balaban J connectivity index is 0.000000175. The minimum Gasteiger partial charge on any atom is -0.507 e. The molecule has 0 saturated heterocycles. The molecule has 0 atom stereocenters. The monoisotopic (exact) mass is 512 g/mol. The molecule has 0 bridgehead atoms. The second-order valence-electron chi connectivity index (χ2n) is 10.7. The van der Waals surface area contributed by atoms with Crippen molar-refractivity contribution >= 4 is 30.0 Å². The van der Waals surface area contributed by atoms with E-state index in [2.05, 4.69) is 81.2 Å². The number of rotatable bonds is 7. The third-order valence-electron chi connectivity index (χ3n) is 7.69. The molecule has 0 radical (unpaired) electrons. The van der Waals surface area contributed by atoms with Crippen molar-refractivity contribution in [3.05, 3.63) is 96.8 Å². The number of hydrogen-bond acceptors (Lipinski definition) is 2. The van der Waals surface area contributed by atoms with Crippen molar-refractivity contribution in [1.29, 1.82) is 0 Å². The Labute approximate surface area is 222 Å². The third kappa shape index (κ3) is 5.19. The van der Waals surface area contributed by atoms with Gasteiger partial charge in [-0.3, -0.25) is 0 Å². The third-order valence-corrected chi connectivity index (χ3v) is 14.5. The molecule has 2 N–H and O–H groups in total. The van der Waals surface area contributed by atoms with E-state index in [-0.39, 0.29) is 0 Å². The van der Waals surface area contributed by atoms with Crippen LogP contribution >= 0.6 is 0 Å². The molecule has 5 heteroatoms. The van der Waals surface area contributed by atoms with Crippen LogP contribution < -0.4 is 4.74 Å². The second kappa shape index (κ2) is 11.3. The summed E-state index contributed by atoms with van der Waals surface area (Å²) < 4.78 is 8.37. The fraction of sp³-hybridized carbons (Fsp3) is 0.312. The van der Waals surface area contributed by atoms with Crippen LogP contribution in [0.3, 0.4) is 0 Å². The van der Waals surface area contributed by atoms with Crippen LogP contribution in [-0.4, -0.2) is 22.6 Å². The maximum atomic E-state index is 10.1. The average Bonchev–Trinajstić information content (AvgIpc) is 3.52. The number of H-pyrrole nitrogens is 1. The lowest BCUT2D eigenvalue weighted by Gasteiger charge is -2.44. The van der Waals surface area contributed by atoms with Crippen LogP contribution in [0.2, 0.25) is 16.6 Å². The van der Waals surface area contributed by atoms with E-state index < -0.39 is 8.24 Å². The minimum absolute atomic E-state index is 0.389. The number of nitrogens with one attached hydrogen (secondary N) is 1. The van der Waals surface area contributed by atoms with Gasteiger partial charge in [-0.05, 0) is 64.8 Å². The molecule has 194 valence electrons. The topological polar surface area (TPSA) is 50.2 Å². The van der Waals surface area contributed by atoms with Gasteiger partial charge < -0.3 is 19.1 Å². The van der Waals surface area contributed by atoms with Crippen LogP contribution in [0.25, 0.3) is 21.8 Å². The summed E-state index contributed by atoms with van der Waals surface area (Å²) in [5.41, 5.74) is 5.43. The van der Waals surface area contributed by atoms with Crippen LogP contribution in [-0.2, 0) is 6.61 Å². The summed E-state index contributed by atoms with van der Waals surface area (Å²) in [5, 5.41) is 12.2. The molecule has 3 aromatic carbocycles. The summed E-state index contributed by atoms with van der Waals surface area (Å²) in [6.07, 6.45) is 4.14. The minimum atomic E-state index is -1.73. The first kappa shape index (κ1) is 26.6. The summed E-state index contributed by atoms with van der Waals surface area (Å²) in [5.74, 6) is 1.31. The van der Waals surface area contributed by atoms with Gasteiger partial charge in [-0.15, -0.1) is 0 Å². The average molecular weight is 513 g/mol. The normalized spacial score (nSPS) is 11.9. The Hall–Kier alpha value is -3.44. The SMILES string of the molecule is CC(C)[Si](C(C)C)(C(C)C)n1ccc2c(O)cccc21.c1ccc(COc2cccc3[nH]ccc23)cc1. The van der Waals surface area contributed by atoms with Gasteiger partial charge in [0.05, 0.1) is 0 Å². The number of hydrogen-bond donors (Lipinski definition) is 2. The molecule has 5 rings (SSSR count). The molecule has 0 aliphatic carbocycles. The Morgan fingerprint density at radius 1 is 0.757 bits per heavy atom. The lowest BCUT2D eigenvalue weighted by atomic mass is 10.2. The molecule has 5 aromatic rings. The van der Waals surface area contributed by atoms with Gasteiger partial charge in [0.2, 0.25) is 0 Å². The summed E-state index contributed by atoms with van der Waals surface area (Å²) in [7, 11) is -1.73. The zero-order chi connectivity index (χ0) is 26.6. The highest BCUT2D eigenvalue weighted by Gasteiger charge is 2.45. The smallest absolute Gasteiger partial charge is 0.169 e. The largest absolute Gasteiger partial charge is 0.507 e. The van der Waals surface area contributed by atoms with Gasteiger partial charge in [-0.25, -0.2) is 0 Å². The summed E-state index contributed by atoms with van der Waals surface area (Å²) in [6, 6.07) is 26.2. The number of benzene rings is 3. The predicted octanol–water partition coefficient (Wildman–Crippen LogP) is 9.12. The maximum absolute atomic E-state index is 10.1. The van der Waals surface area contributed by atoms with E-state index in [0.717, 1.165) is 22.0 Å². The van der Waals surface area contributed by atoms with E-state index in [1.807, 2.05) is 54.7 Å². The van der Waals surface area contributed by atoms with Crippen LogP contribution in [0.5, 0.6) is 11.5 Å². The van der Waals surface area contributed by atoms with Gasteiger partial charge in [0.1, 0.15) is 18.1 Å². The summed E-state index contributed by atoms with van der Waals surface area (Å²) in [4.78, 5) is 3.18. The zero-order valence-corrected chi connectivity index (χ0v) is 23.9. The predicted molar refractivity (Wildman–Crippen MR) is 159 cm³/mol. The Kier molecular flexibility index (Phi) is 8.13. The molecular weight excluding hydrogens is 472 g/mol. The fourth-order valence-corrected chi connectivity index (χ4v) is 12.9. The first-order valence-corrected chi connectivity index (χ1v) is 15.5. The van der Waals surface area contributed by atoms with Crippen molar-refractivity contribution in [2.24, 2.45) is 0 Å². The molecule has 2 heterocycles. The number of aromatic nitrogens is 2. The Bertz CT molecular complexity index is 1410. The first-order valence-electron chi connectivity index (χ1n) is 13.3. The number of phenols is 1. The summed E-state index contributed by atoms with van der Waals surface area (Å²) >= 11 is 0. The van der Waals surface area contributed by atoms with Gasteiger partial charge in [0.25, 0.3) is 0 Å². The lowest BCUT2D eigenvalue weighted by Crippen LogP contribution is -2.51. The lowest BCUT2D eigenvalue weighted by molar-refractivity contribution is 0.310. The van der Waals surface area contributed by atoms with Crippen LogP contribution in [0.1, 0.15) is 47.1 Å². The van der Waals surface area contributed by atoms with Crippen molar-refractivity contribution in [2.45, 2.75) is 64.8 Å². The van der Waals surface area contributed by atoms with E-state index >= 15 is 0 Å². The maximum Gasteiger partial charge on any atom is 0.169 e. The highest BCUT2D eigenvalue weighted by molar-refractivity contribution is 6.82. The van der Waals surface area contributed by atoms with Crippen molar-refractivity contribution in [2.75, 3.05) is 0 Å². The van der Waals surface area contributed by atoms with Crippen LogP contribution in [0.4, 0.5) is 0 Å². The number of aromatic hydroxyl groups is 1. The van der Waals surface area contributed by atoms with E-state index in [1.54, 1.807) is 6.07 Å². The van der Waals surface area contributed by atoms with Gasteiger partial charge in [-0.1, -0.05) is 84.0 Å². The molecule has 0 amide bonds. The van der Waals surface area contributed by atoms with E-state index in [9.17, 15) is 5.11 Å². The second-order valence-corrected chi connectivity index (χ2v) is 16.4. The first-order chi connectivity index (χ1) is 17.8. The molecule has 2 aromatic heterocycles. The molecule has 37 heavy (non-hydrogen) atoms. The Morgan fingerprint density at radius 2 is 1.43 bits per heavy atom. The van der Waals surface area contributed by atoms with Crippen molar-refractivity contribution in [3.8, 4) is 11.5 Å². The molecule has 0 aliphatic rings. The van der Waals surface area contributed by atoms with E-state index in [4.69, 9.17) is 4.74 Å². The van der Waals surface area contributed by atoms with Crippen molar-refractivity contribution in [3.63, 3.8) is 0 Å². The highest BCUT2D eigenvalue weighted by atomic mass is 28.3. The number of aromatic amines is 1. The number of ether oxygens (including phenoxy) is 1. The van der Waals surface area contributed by atoms with Gasteiger partial charge >= 0.3 is 0 Å². The molecule has 0 saturated carbocycles. The molecule has 0 fully saturated rings.